The van der Waals surface area contributed by atoms with Crippen LogP contribution in [0.25, 0.3) is 0 Å². The van der Waals surface area contributed by atoms with Gasteiger partial charge in [0.25, 0.3) is 0 Å². The summed E-state index contributed by atoms with van der Waals surface area (Å²) in [5.41, 5.74) is 2.31. The van der Waals surface area contributed by atoms with Crippen molar-refractivity contribution in [3.05, 3.63) is 36.1 Å². The minimum atomic E-state index is -1.02. The summed E-state index contributed by atoms with van der Waals surface area (Å²) in [4.78, 5) is 37.8. The van der Waals surface area contributed by atoms with Crippen LogP contribution in [0.2, 0.25) is 0 Å². The number of aliphatic carboxylic acids is 1. The summed E-state index contributed by atoms with van der Waals surface area (Å²) in [6.07, 6.45) is 4.33. The fraction of sp³-hybridized carbons (Fsp3) is 0.867. The van der Waals surface area contributed by atoms with Gasteiger partial charge >= 0.3 is 11.9 Å². The lowest BCUT2D eigenvalue weighted by atomic mass is 9.83. The summed E-state index contributed by atoms with van der Waals surface area (Å²) in [6.45, 7) is 21.5. The number of hydrogen-bond donors (Lipinski definition) is 3. The summed E-state index contributed by atoms with van der Waals surface area (Å²) in [7, 11) is 1.61. The molecule has 3 N–H and O–H groups in total. The molecule has 0 saturated carbocycles. The Labute approximate surface area is 466 Å². The Morgan fingerprint density at radius 1 is 0.747 bits per heavy atom. The highest BCUT2D eigenvalue weighted by Crippen LogP contribution is 2.52. The second kappa shape index (κ2) is 25.7. The predicted octanol–water partition coefficient (Wildman–Crippen LogP) is 7.14. The number of aliphatic hydroxyl groups excluding tert-OH is 2. The van der Waals surface area contributed by atoms with Gasteiger partial charge in [-0.25, -0.2) is 9.78 Å². The highest BCUT2D eigenvalue weighted by atomic mass is 17.2. The number of ether oxygens (including phenoxy) is 12. The lowest BCUT2D eigenvalue weighted by Gasteiger charge is -2.48. The van der Waals surface area contributed by atoms with Crippen LogP contribution in [0.1, 0.15) is 151 Å². The second-order valence-corrected chi connectivity index (χ2v) is 25.2. The monoisotopic (exact) mass is 1120 g/mol. The highest BCUT2D eigenvalue weighted by Gasteiger charge is 2.62. The summed E-state index contributed by atoms with van der Waals surface area (Å²) in [5, 5.41) is 30.1. The van der Waals surface area contributed by atoms with E-state index >= 15 is 0 Å². The van der Waals surface area contributed by atoms with Gasteiger partial charge in [-0.1, -0.05) is 40.9 Å². The van der Waals surface area contributed by atoms with Crippen LogP contribution in [0.15, 0.2) is 36.1 Å². The van der Waals surface area contributed by atoms with E-state index in [1.54, 1.807) is 7.11 Å². The van der Waals surface area contributed by atoms with Gasteiger partial charge in [0.1, 0.15) is 48.5 Å². The first kappa shape index (κ1) is 59.6. The van der Waals surface area contributed by atoms with Crippen molar-refractivity contribution in [2.75, 3.05) is 20.3 Å². The van der Waals surface area contributed by atoms with Crippen molar-refractivity contribution in [3.63, 3.8) is 0 Å². The Balaban J connectivity index is 0.708. The molecule has 9 fully saturated rings. The molecule has 0 bridgehead atoms. The summed E-state index contributed by atoms with van der Waals surface area (Å²) < 4.78 is 78.1. The fourth-order valence-corrected chi connectivity index (χ4v) is 14.8. The van der Waals surface area contributed by atoms with Crippen molar-refractivity contribution in [2.24, 2.45) is 23.7 Å². The normalized spacial score (nSPS) is 46.5. The molecular formula is C60H92O19. The number of carboxylic acid groups (broad SMARTS) is 1. The van der Waals surface area contributed by atoms with Crippen LogP contribution in [0, 0.1) is 23.7 Å². The average Bonchev–Trinajstić information content (AvgIpc) is 4.27. The van der Waals surface area contributed by atoms with Crippen LogP contribution in [-0.4, -0.2) is 182 Å². The van der Waals surface area contributed by atoms with E-state index < -0.39 is 78.9 Å². The molecule has 10 heterocycles. The van der Waals surface area contributed by atoms with Crippen molar-refractivity contribution < 1.29 is 91.5 Å². The quantitative estimate of drug-likeness (QED) is 0.0569. The van der Waals surface area contributed by atoms with E-state index in [1.165, 1.54) is 5.57 Å². The fourth-order valence-electron chi connectivity index (χ4n) is 14.8. The van der Waals surface area contributed by atoms with Crippen molar-refractivity contribution in [1.29, 1.82) is 0 Å². The number of methoxy groups -OCH3 is 1. The van der Waals surface area contributed by atoms with Crippen LogP contribution in [0.4, 0.5) is 0 Å². The SMILES string of the molecule is C=C1C[C@H](CCCO[C@@H]2C=C([C@@H](CCO)OC)O[C@H]3CC[C@H](CC(=O)O[C@@H]4[C@@H](C)[C@@H]5O[C@@H]6C[C@]7(C[C@@H]8OO[C@H]9C[C@@H](O)[C@@H](CC(=O)O)O[C@H]9[C@@H](C)CC[C@H](C)[C@@H]8O7)OC6C[C@@H]5O[C@H]4C)O[C@@H]32)O[C@H]1CC[C@H]1C[C@@H](C)C(=C)[C@@H](C)O1. The lowest BCUT2D eigenvalue weighted by Crippen LogP contribution is -2.59. The molecule has 0 aliphatic carbocycles. The molecule has 10 aliphatic heterocycles. The molecule has 0 aromatic rings. The number of carboxylic acids is 1. The topological polar surface area (TPSA) is 224 Å². The van der Waals surface area contributed by atoms with E-state index in [9.17, 15) is 24.9 Å². The lowest BCUT2D eigenvalue weighted by molar-refractivity contribution is -0.388. The summed E-state index contributed by atoms with van der Waals surface area (Å²) in [5.74, 6) is -1.36. The standard InChI is InChI=1S/C60H92O19/c1-30-12-13-31(2)56-52(79-78-50-24-41(62)45(27-53(63)64)73-55(30)50)29-60(77-56)28-51-47(76-60)26-49-58(74-51)35(6)57(37(8)69-49)75-54(65)23-40-15-17-44-59(71-40)48(25-46(72-44)43(66-9)18-19-61)67-20-10-11-38-22-33(4)42(70-38)16-14-39-21-32(3)34(5)36(7)68-39/h25,30-32,35-45,47-52,55-59,61-62H,4-5,10-24,26-29H2,1-3,6-9H3,(H,63,64)/t30-,31-,32+,35+,36+,37-,38-,39-,40+,41+,42-,43+,44-,45+,47?,48+,49-,50-,51+,52-,55-,56-,57+,58-,59-,60-/m0/s1. The first-order valence-electron chi connectivity index (χ1n) is 30.1. The van der Waals surface area contributed by atoms with Crippen molar-refractivity contribution in [1.82, 2.24) is 0 Å². The number of fused-ring (bicyclic) bond motifs is 5. The molecule has 19 heteroatoms. The zero-order valence-electron chi connectivity index (χ0n) is 47.7. The molecule has 26 atom stereocenters. The van der Waals surface area contributed by atoms with Crippen molar-refractivity contribution in [3.8, 4) is 0 Å². The van der Waals surface area contributed by atoms with Gasteiger partial charge in [-0.15, -0.1) is 0 Å². The average molecular weight is 1120 g/mol. The summed E-state index contributed by atoms with van der Waals surface area (Å²) in [6, 6.07) is 0. The van der Waals surface area contributed by atoms with E-state index in [1.807, 2.05) is 13.0 Å². The van der Waals surface area contributed by atoms with Gasteiger partial charge in [0, 0.05) is 58.3 Å². The van der Waals surface area contributed by atoms with Crippen LogP contribution < -0.4 is 0 Å². The Kier molecular flexibility index (Phi) is 19.4. The molecule has 10 aliphatic rings. The third-order valence-electron chi connectivity index (χ3n) is 19.3. The van der Waals surface area contributed by atoms with E-state index in [0.29, 0.717) is 56.8 Å². The zero-order valence-corrected chi connectivity index (χ0v) is 47.7. The molecule has 0 radical (unpaired) electrons. The van der Waals surface area contributed by atoms with Crippen molar-refractivity contribution in [2.45, 2.75) is 285 Å². The number of hydrogen-bond acceptors (Lipinski definition) is 18. The largest absolute Gasteiger partial charge is 0.489 e. The Hall–Kier alpha value is -2.60. The van der Waals surface area contributed by atoms with E-state index in [2.05, 4.69) is 47.8 Å². The van der Waals surface area contributed by atoms with Gasteiger partial charge in [0.15, 0.2) is 5.79 Å². The zero-order chi connectivity index (χ0) is 55.9. The van der Waals surface area contributed by atoms with Gasteiger partial charge in [-0.3, -0.25) is 9.59 Å². The molecule has 0 amide bonds. The maximum atomic E-state index is 14.0. The Morgan fingerprint density at radius 2 is 1.52 bits per heavy atom. The maximum absolute atomic E-state index is 14.0. The maximum Gasteiger partial charge on any atom is 0.308 e. The molecule has 0 aromatic carbocycles. The number of carbonyl (C=O) groups is 2. The number of aliphatic hydroxyl groups is 2. The third-order valence-corrected chi connectivity index (χ3v) is 19.3. The summed E-state index contributed by atoms with van der Waals surface area (Å²) >= 11 is 0. The molecule has 446 valence electrons. The Morgan fingerprint density at radius 3 is 2.28 bits per heavy atom. The molecule has 19 nitrogen and oxygen atoms in total. The molecule has 1 spiro atoms. The molecule has 0 aromatic heterocycles. The number of esters is 1. The van der Waals surface area contributed by atoms with Crippen LogP contribution in [0.5, 0.6) is 0 Å². The van der Waals surface area contributed by atoms with Gasteiger partial charge in [-0.05, 0) is 113 Å². The first-order valence-corrected chi connectivity index (χ1v) is 30.1. The van der Waals surface area contributed by atoms with Gasteiger partial charge in [0.2, 0.25) is 0 Å². The number of carbonyl (C=O) groups excluding carboxylic acids is 1. The van der Waals surface area contributed by atoms with Gasteiger partial charge in [0.05, 0.1) is 98.3 Å². The van der Waals surface area contributed by atoms with E-state index in [0.717, 1.165) is 56.9 Å². The minimum Gasteiger partial charge on any atom is -0.489 e. The van der Waals surface area contributed by atoms with E-state index in [-0.39, 0.29) is 111 Å². The smallest absolute Gasteiger partial charge is 0.308 e. The van der Waals surface area contributed by atoms with Gasteiger partial charge in [-0.2, -0.15) is 0 Å². The minimum absolute atomic E-state index is 0.0254. The van der Waals surface area contributed by atoms with Crippen LogP contribution in [-0.2, 0) is 76.2 Å². The molecule has 1 unspecified atom stereocenters. The van der Waals surface area contributed by atoms with E-state index in [4.69, 9.17) is 66.6 Å². The number of rotatable bonds is 17. The Bertz CT molecular complexity index is 2130. The molecule has 79 heavy (non-hydrogen) atoms. The third kappa shape index (κ3) is 13.5. The second-order valence-electron chi connectivity index (χ2n) is 25.2. The molecule has 10 rings (SSSR count). The van der Waals surface area contributed by atoms with Crippen LogP contribution >= 0.6 is 0 Å². The molecular weight excluding hydrogens is 1020 g/mol. The first-order chi connectivity index (χ1) is 37.9. The highest BCUT2D eigenvalue weighted by molar-refractivity contribution is 5.70. The van der Waals surface area contributed by atoms with Gasteiger partial charge < -0.3 is 72.2 Å². The predicted molar refractivity (Wildman–Crippen MR) is 283 cm³/mol. The van der Waals surface area contributed by atoms with Crippen molar-refractivity contribution >= 4 is 11.9 Å². The van der Waals surface area contributed by atoms with Crippen LogP contribution in [0.3, 0.4) is 0 Å². The molecule has 9 saturated heterocycles.